The van der Waals surface area contributed by atoms with Gasteiger partial charge in [-0.05, 0) is 71.3 Å². The summed E-state index contributed by atoms with van der Waals surface area (Å²) in [5.41, 5.74) is 11.5. The fourth-order valence-corrected chi connectivity index (χ4v) is 7.26. The number of aromatic nitrogens is 2. The van der Waals surface area contributed by atoms with Crippen molar-refractivity contribution < 1.29 is 0 Å². The van der Waals surface area contributed by atoms with Crippen molar-refractivity contribution in [3.63, 3.8) is 0 Å². The van der Waals surface area contributed by atoms with Gasteiger partial charge in [0.2, 0.25) is 0 Å². The summed E-state index contributed by atoms with van der Waals surface area (Å²) in [4.78, 5) is 0. The minimum atomic E-state index is 0.568. The molecular weight excluding hydrogens is 585 g/mol. The second-order valence-electron chi connectivity index (χ2n) is 12.0. The Bertz CT molecular complexity index is 2750. The molecule has 9 aromatic rings. The second kappa shape index (κ2) is 10.9. The van der Waals surface area contributed by atoms with Crippen molar-refractivity contribution in [1.82, 2.24) is 9.13 Å². The Morgan fingerprint density at radius 2 is 0.979 bits per heavy atom. The lowest BCUT2D eigenvalue weighted by Crippen LogP contribution is -2.01. The van der Waals surface area contributed by atoms with E-state index in [0.29, 0.717) is 11.1 Å². The number of nitrogens with zero attached hydrogens (tertiary/aromatic N) is 4. The first kappa shape index (κ1) is 27.4. The molecule has 2 heterocycles. The van der Waals surface area contributed by atoms with Gasteiger partial charge < -0.3 is 9.13 Å². The third-order valence-corrected chi connectivity index (χ3v) is 9.40. The summed E-state index contributed by atoms with van der Waals surface area (Å²) < 4.78 is 4.47. The third kappa shape index (κ3) is 4.14. The molecule has 222 valence electrons. The van der Waals surface area contributed by atoms with Gasteiger partial charge in [-0.1, -0.05) is 103 Å². The molecule has 0 amide bonds. The number of fused-ring (bicyclic) bond motifs is 6. The Morgan fingerprint density at radius 3 is 1.62 bits per heavy atom. The predicted octanol–water partition coefficient (Wildman–Crippen LogP) is 11.0. The van der Waals surface area contributed by atoms with E-state index in [9.17, 15) is 10.5 Å². The van der Waals surface area contributed by atoms with Crippen molar-refractivity contribution in [2.75, 3.05) is 0 Å². The van der Waals surface area contributed by atoms with Gasteiger partial charge in [0.1, 0.15) is 6.07 Å². The molecule has 0 spiro atoms. The molecule has 4 nitrogen and oxygen atoms in total. The van der Waals surface area contributed by atoms with Gasteiger partial charge in [-0.25, -0.2) is 0 Å². The fourth-order valence-electron chi connectivity index (χ4n) is 7.26. The van der Waals surface area contributed by atoms with Crippen molar-refractivity contribution in [3.05, 3.63) is 169 Å². The molecule has 0 N–H and O–H groups in total. The fraction of sp³-hybridized carbons (Fsp3) is 0. The number of benzene rings is 7. The van der Waals surface area contributed by atoms with Crippen LogP contribution in [0.1, 0.15) is 11.1 Å². The van der Waals surface area contributed by atoms with E-state index in [-0.39, 0.29) is 0 Å². The highest BCUT2D eigenvalue weighted by Crippen LogP contribution is 2.39. The number of para-hydroxylation sites is 4. The van der Waals surface area contributed by atoms with E-state index >= 15 is 0 Å². The van der Waals surface area contributed by atoms with Gasteiger partial charge in [-0.2, -0.15) is 10.5 Å². The van der Waals surface area contributed by atoms with Crippen LogP contribution in [0.15, 0.2) is 158 Å². The average Bonchev–Trinajstić information content (AvgIpc) is 3.67. The van der Waals surface area contributed by atoms with E-state index in [1.54, 1.807) is 0 Å². The number of hydrogen-bond donors (Lipinski definition) is 0. The van der Waals surface area contributed by atoms with Crippen molar-refractivity contribution in [2.24, 2.45) is 0 Å². The Balaban J connectivity index is 1.19. The van der Waals surface area contributed by atoms with Crippen LogP contribution in [-0.2, 0) is 0 Å². The largest absolute Gasteiger partial charge is 0.309 e. The van der Waals surface area contributed by atoms with Crippen molar-refractivity contribution in [2.45, 2.75) is 0 Å². The van der Waals surface area contributed by atoms with Crippen LogP contribution in [0.2, 0.25) is 0 Å². The lowest BCUT2D eigenvalue weighted by molar-refractivity contribution is 1.17. The topological polar surface area (TPSA) is 57.4 Å². The molecule has 0 bridgehead atoms. The molecule has 0 aliphatic rings. The van der Waals surface area contributed by atoms with Crippen LogP contribution in [0.25, 0.3) is 77.2 Å². The number of nitriles is 2. The van der Waals surface area contributed by atoms with Crippen LogP contribution in [0.3, 0.4) is 0 Å². The maximum atomic E-state index is 10.4. The minimum absolute atomic E-state index is 0.568. The maximum absolute atomic E-state index is 10.4. The molecule has 0 saturated heterocycles. The first-order valence-electron chi connectivity index (χ1n) is 15.9. The van der Waals surface area contributed by atoms with Crippen molar-refractivity contribution >= 4 is 43.6 Å². The quantitative estimate of drug-likeness (QED) is 0.199. The summed E-state index contributed by atoms with van der Waals surface area (Å²) in [6.45, 7) is 0. The molecule has 7 aromatic carbocycles. The van der Waals surface area contributed by atoms with Gasteiger partial charge >= 0.3 is 0 Å². The highest BCUT2D eigenvalue weighted by molar-refractivity contribution is 6.11. The Morgan fingerprint density at radius 1 is 0.396 bits per heavy atom. The minimum Gasteiger partial charge on any atom is -0.309 e. The van der Waals surface area contributed by atoms with E-state index in [2.05, 4.69) is 137 Å². The van der Waals surface area contributed by atoms with E-state index in [1.165, 1.54) is 21.8 Å². The third-order valence-electron chi connectivity index (χ3n) is 9.40. The Hall–Kier alpha value is -6.88. The molecule has 4 heteroatoms. The van der Waals surface area contributed by atoms with Crippen LogP contribution in [0.5, 0.6) is 0 Å². The second-order valence-corrected chi connectivity index (χ2v) is 12.0. The molecule has 2 aromatic heterocycles. The van der Waals surface area contributed by atoms with E-state index in [4.69, 9.17) is 0 Å². The Labute approximate surface area is 277 Å². The van der Waals surface area contributed by atoms with E-state index < -0.39 is 0 Å². The molecule has 0 saturated carbocycles. The molecule has 48 heavy (non-hydrogen) atoms. The van der Waals surface area contributed by atoms with Crippen molar-refractivity contribution in [3.8, 4) is 45.8 Å². The molecule has 0 aliphatic carbocycles. The predicted molar refractivity (Wildman–Crippen MR) is 195 cm³/mol. The SMILES string of the molecule is N#Cc1ccc2c3ccccc3n(-c3c(C#N)cccc3-c3cccc(-c4ccc(-n5c6ccccc6c6ccccc65)cc4)c3)c2c1. The van der Waals surface area contributed by atoms with Gasteiger partial charge in [0, 0.05) is 32.8 Å². The molecule has 9 rings (SSSR count). The first-order valence-corrected chi connectivity index (χ1v) is 15.9. The zero-order valence-corrected chi connectivity index (χ0v) is 25.8. The zero-order valence-electron chi connectivity index (χ0n) is 25.8. The average molecular weight is 611 g/mol. The molecule has 0 atom stereocenters. The normalized spacial score (nSPS) is 11.3. The lowest BCUT2D eigenvalue weighted by atomic mass is 9.96. The summed E-state index contributed by atoms with van der Waals surface area (Å²) in [6.07, 6.45) is 0. The molecule has 0 aliphatic heterocycles. The standard InChI is InChI=1S/C44H26N4/c45-27-29-19-24-39-38-14-3-6-18-42(38)48(43(39)25-29)44-33(28-46)11-8-15-35(44)32-10-7-9-31(26-32)30-20-22-34(23-21-30)47-40-16-4-1-12-36(40)37-13-2-5-17-41(37)47/h1-26H. The summed E-state index contributed by atoms with van der Waals surface area (Å²) in [6, 6.07) is 59.0. The highest BCUT2D eigenvalue weighted by Gasteiger charge is 2.19. The number of hydrogen-bond acceptors (Lipinski definition) is 2. The maximum Gasteiger partial charge on any atom is 0.101 e. The Kier molecular flexibility index (Phi) is 6.22. The van der Waals surface area contributed by atoms with Gasteiger partial charge in [0.05, 0.1) is 45.0 Å². The molecule has 0 unspecified atom stereocenters. The van der Waals surface area contributed by atoms with Crippen LogP contribution >= 0.6 is 0 Å². The molecule has 0 fully saturated rings. The summed E-state index contributed by atoms with van der Waals surface area (Å²) in [7, 11) is 0. The van der Waals surface area contributed by atoms with Gasteiger partial charge in [-0.15, -0.1) is 0 Å². The molecule has 0 radical (unpaired) electrons. The van der Waals surface area contributed by atoms with Crippen molar-refractivity contribution in [1.29, 1.82) is 10.5 Å². The first-order chi connectivity index (χ1) is 23.7. The number of rotatable bonds is 4. The molecular formula is C44H26N4. The zero-order chi connectivity index (χ0) is 32.2. The van der Waals surface area contributed by atoms with E-state index in [1.807, 2.05) is 42.5 Å². The summed E-state index contributed by atoms with van der Waals surface area (Å²) in [5, 5.41) is 24.7. The van der Waals surface area contributed by atoms with Crippen LogP contribution in [0.4, 0.5) is 0 Å². The van der Waals surface area contributed by atoms with Gasteiger partial charge in [-0.3, -0.25) is 0 Å². The van der Waals surface area contributed by atoms with Gasteiger partial charge in [0.25, 0.3) is 0 Å². The van der Waals surface area contributed by atoms with Gasteiger partial charge in [0.15, 0.2) is 0 Å². The lowest BCUT2D eigenvalue weighted by Gasteiger charge is -2.16. The smallest absolute Gasteiger partial charge is 0.101 e. The summed E-state index contributed by atoms with van der Waals surface area (Å²) in [5.74, 6) is 0. The summed E-state index contributed by atoms with van der Waals surface area (Å²) >= 11 is 0. The van der Waals surface area contributed by atoms with Crippen LogP contribution < -0.4 is 0 Å². The monoisotopic (exact) mass is 610 g/mol. The van der Waals surface area contributed by atoms with Crippen LogP contribution in [-0.4, -0.2) is 9.13 Å². The van der Waals surface area contributed by atoms with E-state index in [0.717, 1.165) is 55.4 Å². The highest BCUT2D eigenvalue weighted by atomic mass is 15.0. The van der Waals surface area contributed by atoms with Crippen LogP contribution in [0, 0.1) is 22.7 Å².